The molecule has 0 aromatic heterocycles. The first-order valence-corrected chi connectivity index (χ1v) is 8.39. The molecule has 1 heterocycles. The molecular weight excluding hydrogens is 340 g/mol. The van der Waals surface area contributed by atoms with Crippen molar-refractivity contribution in [3.8, 4) is 0 Å². The maximum Gasteiger partial charge on any atom is 0.244 e. The van der Waals surface area contributed by atoms with E-state index in [0.717, 1.165) is 19.4 Å². The molecule has 1 aliphatic rings. The molecule has 0 bridgehead atoms. The van der Waals surface area contributed by atoms with Crippen molar-refractivity contribution in [1.29, 1.82) is 0 Å². The Labute approximate surface area is 139 Å². The van der Waals surface area contributed by atoms with Gasteiger partial charge in [-0.1, -0.05) is 58.4 Å². The van der Waals surface area contributed by atoms with Crippen LogP contribution in [0.4, 0.5) is 0 Å². The highest BCUT2D eigenvalue weighted by Crippen LogP contribution is 2.31. The Bertz CT molecular complexity index is 750. The van der Waals surface area contributed by atoms with E-state index in [1.54, 1.807) is 0 Å². The van der Waals surface area contributed by atoms with Gasteiger partial charge in [-0.3, -0.25) is 4.79 Å². The Balaban J connectivity index is 2.04. The van der Waals surface area contributed by atoms with Gasteiger partial charge in [0.15, 0.2) is 16.6 Å². The van der Waals surface area contributed by atoms with Crippen molar-refractivity contribution >= 4 is 38.8 Å². The number of carbonyl (C=O) groups is 1. The van der Waals surface area contributed by atoms with Gasteiger partial charge in [0, 0.05) is 18.9 Å². The highest BCUT2D eigenvalue weighted by atomic mass is 79.9. The summed E-state index contributed by atoms with van der Waals surface area (Å²) < 4.78 is 1.51. The number of alkyl halides is 1. The van der Waals surface area contributed by atoms with Crippen molar-refractivity contribution in [1.82, 2.24) is 0 Å². The minimum Gasteiger partial charge on any atom is -0.368 e. The van der Waals surface area contributed by atoms with Crippen molar-refractivity contribution in [2.24, 2.45) is 5.73 Å². The molecule has 0 spiro atoms. The molecular formula is C18H20BrN2O+. The SMILES string of the molecule is C[C@@H](c1cccc2ccccc12)[N+]1=CC(Br)(C(N)=O)CCC1. The zero-order valence-corrected chi connectivity index (χ0v) is 14.2. The van der Waals surface area contributed by atoms with Gasteiger partial charge < -0.3 is 5.73 Å². The number of nitrogens with zero attached hydrogens (tertiary/aromatic N) is 1. The minimum absolute atomic E-state index is 0.197. The van der Waals surface area contributed by atoms with Gasteiger partial charge in [-0.25, -0.2) is 4.58 Å². The molecule has 114 valence electrons. The zero-order chi connectivity index (χ0) is 15.7. The molecule has 0 radical (unpaired) electrons. The number of fused-ring (bicyclic) bond motifs is 1. The summed E-state index contributed by atoms with van der Waals surface area (Å²) in [6.45, 7) is 3.11. The average molecular weight is 360 g/mol. The molecule has 0 fully saturated rings. The number of benzene rings is 2. The van der Waals surface area contributed by atoms with Gasteiger partial charge in [0.2, 0.25) is 5.91 Å². The van der Waals surface area contributed by atoms with Crippen LogP contribution < -0.4 is 5.73 Å². The smallest absolute Gasteiger partial charge is 0.244 e. The van der Waals surface area contributed by atoms with E-state index >= 15 is 0 Å². The largest absolute Gasteiger partial charge is 0.368 e. The normalized spacial score (nSPS) is 23.1. The third-order valence-electron chi connectivity index (χ3n) is 4.51. The van der Waals surface area contributed by atoms with Crippen LogP contribution >= 0.6 is 15.9 Å². The van der Waals surface area contributed by atoms with E-state index in [1.165, 1.54) is 16.3 Å². The molecule has 22 heavy (non-hydrogen) atoms. The standard InChI is InChI=1S/C18H19BrN2O/c1-13(21-11-5-10-18(19,12-21)17(20)22)15-9-4-7-14-6-2-3-8-16(14)15/h2-4,6-9,12-13H,5,10-11H2,1H3,(H-,20,22)/p+1/t13-,18?/m0/s1. The molecule has 2 aromatic carbocycles. The molecule has 2 N–H and O–H groups in total. The van der Waals surface area contributed by atoms with Gasteiger partial charge in [0.05, 0.1) is 0 Å². The van der Waals surface area contributed by atoms with Crippen LogP contribution in [0.1, 0.15) is 31.4 Å². The van der Waals surface area contributed by atoms with Crippen molar-refractivity contribution in [3.05, 3.63) is 48.0 Å². The van der Waals surface area contributed by atoms with E-state index in [2.05, 4.69) is 69.9 Å². The molecule has 1 aliphatic heterocycles. The number of amides is 1. The lowest BCUT2D eigenvalue weighted by Gasteiger charge is -2.25. The van der Waals surface area contributed by atoms with Crippen LogP contribution in [0.3, 0.4) is 0 Å². The fourth-order valence-corrected chi connectivity index (χ4v) is 3.74. The third-order valence-corrected chi connectivity index (χ3v) is 5.50. The second-order valence-corrected chi connectivity index (χ2v) is 7.36. The van der Waals surface area contributed by atoms with Crippen LogP contribution in [0.25, 0.3) is 10.8 Å². The molecule has 4 heteroatoms. The first-order chi connectivity index (χ1) is 10.5. The van der Waals surface area contributed by atoms with Crippen molar-refractivity contribution < 1.29 is 9.37 Å². The van der Waals surface area contributed by atoms with E-state index in [0.29, 0.717) is 0 Å². The number of rotatable bonds is 3. The summed E-state index contributed by atoms with van der Waals surface area (Å²) in [7, 11) is 0. The number of primary amides is 1. The number of hydrogen-bond donors (Lipinski definition) is 1. The predicted molar refractivity (Wildman–Crippen MR) is 93.6 cm³/mol. The minimum atomic E-state index is -0.718. The molecule has 0 aliphatic carbocycles. The molecule has 1 unspecified atom stereocenters. The maximum atomic E-state index is 11.7. The summed E-state index contributed by atoms with van der Waals surface area (Å²) in [5.74, 6) is -0.317. The highest BCUT2D eigenvalue weighted by molar-refractivity contribution is 9.10. The lowest BCUT2D eigenvalue weighted by Crippen LogP contribution is -2.46. The first-order valence-electron chi connectivity index (χ1n) is 7.59. The summed E-state index contributed by atoms with van der Waals surface area (Å²) in [6.07, 6.45) is 3.66. The van der Waals surface area contributed by atoms with Gasteiger partial charge in [-0.15, -0.1) is 0 Å². The van der Waals surface area contributed by atoms with E-state index < -0.39 is 4.32 Å². The lowest BCUT2D eigenvalue weighted by atomic mass is 9.96. The average Bonchev–Trinajstić information content (AvgIpc) is 2.53. The van der Waals surface area contributed by atoms with Gasteiger partial charge in [0.25, 0.3) is 0 Å². The Morgan fingerprint density at radius 3 is 2.77 bits per heavy atom. The fraction of sp³-hybridized carbons (Fsp3) is 0.333. The van der Waals surface area contributed by atoms with Crippen LogP contribution in [-0.4, -0.2) is 27.6 Å². The number of hydrogen-bond acceptors (Lipinski definition) is 1. The van der Waals surface area contributed by atoms with Crippen LogP contribution in [0, 0.1) is 0 Å². The Kier molecular flexibility index (Phi) is 4.04. The number of nitrogens with two attached hydrogens (primary N) is 1. The molecule has 3 nitrogen and oxygen atoms in total. The number of carbonyl (C=O) groups excluding carboxylic acids is 1. The Morgan fingerprint density at radius 1 is 1.27 bits per heavy atom. The van der Waals surface area contributed by atoms with E-state index in [-0.39, 0.29) is 11.9 Å². The highest BCUT2D eigenvalue weighted by Gasteiger charge is 2.40. The number of halogens is 1. The lowest BCUT2D eigenvalue weighted by molar-refractivity contribution is -0.569. The van der Waals surface area contributed by atoms with E-state index in [4.69, 9.17) is 5.73 Å². The summed E-state index contributed by atoms with van der Waals surface area (Å²) in [4.78, 5) is 11.7. The second-order valence-electron chi connectivity index (χ2n) is 5.94. The molecule has 0 saturated heterocycles. The molecule has 1 amide bonds. The Morgan fingerprint density at radius 2 is 2.00 bits per heavy atom. The molecule has 3 rings (SSSR count). The molecule has 2 aromatic rings. The van der Waals surface area contributed by atoms with Crippen molar-refractivity contribution in [3.63, 3.8) is 0 Å². The van der Waals surface area contributed by atoms with Crippen molar-refractivity contribution in [2.45, 2.75) is 30.1 Å². The molecule has 0 saturated carbocycles. The summed E-state index contributed by atoms with van der Waals surface area (Å²) in [6, 6.07) is 15.0. The zero-order valence-electron chi connectivity index (χ0n) is 12.6. The van der Waals surface area contributed by atoms with E-state index in [9.17, 15) is 4.79 Å². The van der Waals surface area contributed by atoms with Gasteiger partial charge in [-0.05, 0) is 17.2 Å². The quantitative estimate of drug-likeness (QED) is 0.662. The Hall–Kier alpha value is -1.68. The van der Waals surface area contributed by atoms with Crippen LogP contribution in [0.2, 0.25) is 0 Å². The first kappa shape index (κ1) is 15.2. The maximum absolute atomic E-state index is 11.7. The van der Waals surface area contributed by atoms with Crippen molar-refractivity contribution in [2.75, 3.05) is 6.54 Å². The topological polar surface area (TPSA) is 46.1 Å². The monoisotopic (exact) mass is 359 g/mol. The summed E-state index contributed by atoms with van der Waals surface area (Å²) >= 11 is 3.52. The van der Waals surface area contributed by atoms with Gasteiger partial charge >= 0.3 is 0 Å². The molecule has 2 atom stereocenters. The summed E-state index contributed by atoms with van der Waals surface area (Å²) in [5.41, 5.74) is 6.82. The second kappa shape index (κ2) is 5.84. The van der Waals surface area contributed by atoms with E-state index in [1.807, 2.05) is 6.21 Å². The van der Waals surface area contributed by atoms with Crippen LogP contribution in [0.5, 0.6) is 0 Å². The third kappa shape index (κ3) is 2.68. The fourth-order valence-electron chi connectivity index (χ4n) is 3.20. The summed E-state index contributed by atoms with van der Waals surface area (Å²) in [5, 5.41) is 2.50. The van der Waals surface area contributed by atoms with Gasteiger partial charge in [-0.2, -0.15) is 0 Å². The van der Waals surface area contributed by atoms with Gasteiger partial charge in [0.1, 0.15) is 6.54 Å². The predicted octanol–water partition coefficient (Wildman–Crippen LogP) is 3.40. The van der Waals surface area contributed by atoms with Crippen LogP contribution in [0.15, 0.2) is 42.5 Å². The van der Waals surface area contributed by atoms with Crippen LogP contribution in [-0.2, 0) is 4.79 Å².